The van der Waals surface area contributed by atoms with Crippen molar-refractivity contribution in [2.45, 2.75) is 11.3 Å². The first-order valence-electron chi connectivity index (χ1n) is 5.26. The minimum absolute atomic E-state index is 0.0747. The van der Waals surface area contributed by atoms with Crippen LogP contribution in [0, 0.1) is 20.2 Å². The number of nitro benzene ring substituents is 2. The van der Waals surface area contributed by atoms with Gasteiger partial charge >= 0.3 is 7.68 Å². The van der Waals surface area contributed by atoms with Gasteiger partial charge in [0, 0.05) is 11.8 Å². The quantitative estimate of drug-likeness (QED) is 0.231. The van der Waals surface area contributed by atoms with Gasteiger partial charge in [-0.1, -0.05) is 21.6 Å². The normalized spacial score (nSPS) is 10.2. The summed E-state index contributed by atoms with van der Waals surface area (Å²) in [5.74, 6) is 0.516. The zero-order chi connectivity index (χ0) is 15.1. The van der Waals surface area contributed by atoms with Crippen LogP contribution in [0.3, 0.4) is 0 Å². The second kappa shape index (κ2) is 8.03. The largest absolute Gasteiger partial charge is 0.315 e. The Morgan fingerprint density at radius 3 is 2.40 bits per heavy atom. The average Bonchev–Trinajstić information content (AvgIpc) is 2.37. The van der Waals surface area contributed by atoms with E-state index in [1.807, 2.05) is 0 Å². The molecule has 0 aromatic heterocycles. The lowest BCUT2D eigenvalue weighted by Crippen LogP contribution is -1.94. The summed E-state index contributed by atoms with van der Waals surface area (Å²) in [4.78, 5) is 20.4. The van der Waals surface area contributed by atoms with Gasteiger partial charge in [-0.2, -0.15) is 0 Å². The molecule has 0 radical (unpaired) electrons. The molecule has 20 heavy (non-hydrogen) atoms. The Morgan fingerprint density at radius 1 is 1.15 bits per heavy atom. The van der Waals surface area contributed by atoms with Crippen molar-refractivity contribution in [1.29, 1.82) is 0 Å². The molecule has 0 aliphatic rings. The van der Waals surface area contributed by atoms with Crippen LogP contribution in [-0.4, -0.2) is 21.8 Å². The lowest BCUT2D eigenvalue weighted by Gasteiger charge is -2.01. The van der Waals surface area contributed by atoms with E-state index in [-0.39, 0.29) is 17.5 Å². The zero-order valence-electron chi connectivity index (χ0n) is 9.96. The molecule has 8 nitrogen and oxygen atoms in total. The Balaban J connectivity index is 2.69. The van der Waals surface area contributed by atoms with Crippen molar-refractivity contribution in [3.05, 3.63) is 38.4 Å². The molecule has 0 saturated carbocycles. The van der Waals surface area contributed by atoms with Gasteiger partial charge in [0.05, 0.1) is 27.0 Å². The number of non-ortho nitro benzene ring substituents is 1. The molecule has 0 spiro atoms. The SMILES string of the molecule is O=[N+]([O-])c1ccc(SSCCCP(=O)=O)c([N+](=O)[O-])c1. The van der Waals surface area contributed by atoms with E-state index < -0.39 is 17.5 Å². The summed E-state index contributed by atoms with van der Waals surface area (Å²) in [7, 11) is -0.0332. The number of nitro groups is 2. The van der Waals surface area contributed by atoms with Crippen LogP contribution in [0.4, 0.5) is 11.4 Å². The minimum atomic E-state index is -2.41. The van der Waals surface area contributed by atoms with Gasteiger partial charge in [-0.3, -0.25) is 20.2 Å². The second-order valence-electron chi connectivity index (χ2n) is 3.48. The maximum Gasteiger partial charge on any atom is 0.315 e. The number of benzene rings is 1. The summed E-state index contributed by atoms with van der Waals surface area (Å²) in [5, 5.41) is 21.4. The van der Waals surface area contributed by atoms with Crippen molar-refractivity contribution >= 4 is 40.6 Å². The van der Waals surface area contributed by atoms with Crippen molar-refractivity contribution < 1.29 is 19.0 Å². The van der Waals surface area contributed by atoms with E-state index in [0.29, 0.717) is 17.1 Å². The van der Waals surface area contributed by atoms with E-state index in [1.165, 1.54) is 22.9 Å². The summed E-state index contributed by atoms with van der Waals surface area (Å²) in [5.41, 5.74) is -0.666. The summed E-state index contributed by atoms with van der Waals surface area (Å²) in [6.45, 7) is 0. The average molecular weight is 336 g/mol. The highest BCUT2D eigenvalue weighted by atomic mass is 33.1. The first kappa shape index (κ1) is 16.7. The lowest BCUT2D eigenvalue weighted by molar-refractivity contribution is -0.396. The van der Waals surface area contributed by atoms with Crippen molar-refractivity contribution in [3.63, 3.8) is 0 Å². The van der Waals surface area contributed by atoms with Gasteiger partial charge in [0.1, 0.15) is 0 Å². The Hall–Kier alpha value is -1.38. The smallest absolute Gasteiger partial charge is 0.258 e. The predicted molar refractivity (Wildman–Crippen MR) is 75.8 cm³/mol. The molecule has 1 aromatic rings. The third kappa shape index (κ3) is 5.32. The molecular weight excluding hydrogens is 327 g/mol. The van der Waals surface area contributed by atoms with Gasteiger partial charge in [0.25, 0.3) is 11.4 Å². The van der Waals surface area contributed by atoms with E-state index in [1.54, 1.807) is 0 Å². The summed E-state index contributed by atoms with van der Waals surface area (Å²) < 4.78 is 20.7. The molecule has 0 fully saturated rings. The van der Waals surface area contributed by atoms with E-state index in [2.05, 4.69) is 0 Å². The van der Waals surface area contributed by atoms with E-state index in [9.17, 15) is 29.4 Å². The molecule has 0 amide bonds. The summed E-state index contributed by atoms with van der Waals surface area (Å²) in [6, 6.07) is 3.43. The second-order valence-corrected chi connectivity index (χ2v) is 7.05. The highest BCUT2D eigenvalue weighted by Crippen LogP contribution is 2.39. The van der Waals surface area contributed by atoms with Gasteiger partial charge in [-0.05, 0) is 12.5 Å². The maximum atomic E-state index is 10.9. The van der Waals surface area contributed by atoms with E-state index >= 15 is 0 Å². The molecule has 0 atom stereocenters. The Labute approximate surface area is 121 Å². The summed E-state index contributed by atoms with van der Waals surface area (Å²) >= 11 is 0. The molecule has 0 N–H and O–H groups in total. The molecule has 108 valence electrons. The monoisotopic (exact) mass is 336 g/mol. The molecule has 0 aliphatic heterocycles. The molecule has 0 unspecified atom stereocenters. The van der Waals surface area contributed by atoms with Crippen LogP contribution in [0.1, 0.15) is 6.42 Å². The fraction of sp³-hybridized carbons (Fsp3) is 0.333. The van der Waals surface area contributed by atoms with Gasteiger partial charge < -0.3 is 0 Å². The fourth-order valence-corrected chi connectivity index (χ4v) is 4.04. The lowest BCUT2D eigenvalue weighted by atomic mass is 10.3. The third-order valence-electron chi connectivity index (χ3n) is 2.07. The maximum absolute atomic E-state index is 10.9. The zero-order valence-corrected chi connectivity index (χ0v) is 12.5. The molecule has 0 aliphatic carbocycles. The highest BCUT2D eigenvalue weighted by Gasteiger charge is 2.19. The number of hydrogen-bond donors (Lipinski definition) is 0. The van der Waals surface area contributed by atoms with Crippen molar-refractivity contribution in [2.24, 2.45) is 0 Å². The van der Waals surface area contributed by atoms with Gasteiger partial charge in [-0.15, -0.1) is 0 Å². The van der Waals surface area contributed by atoms with Gasteiger partial charge in [-0.25, -0.2) is 9.13 Å². The molecule has 1 rings (SSSR count). The van der Waals surface area contributed by atoms with Crippen LogP contribution < -0.4 is 0 Å². The Morgan fingerprint density at radius 2 is 1.85 bits per heavy atom. The Bertz CT molecular complexity index is 584. The standard InChI is InChI=1S/C9H9N2O6PS2/c12-10(13)7-2-3-9(8(6-7)11(14)15)20-19-5-1-4-18(16)17/h2-3,6H,1,4-5H2. The van der Waals surface area contributed by atoms with E-state index in [4.69, 9.17) is 0 Å². The summed E-state index contributed by atoms with van der Waals surface area (Å²) in [6.07, 6.45) is 0.530. The van der Waals surface area contributed by atoms with Crippen molar-refractivity contribution in [1.82, 2.24) is 0 Å². The molecule has 1 aromatic carbocycles. The number of hydrogen-bond acceptors (Lipinski definition) is 8. The van der Waals surface area contributed by atoms with Crippen LogP contribution >= 0.6 is 29.3 Å². The fourth-order valence-electron chi connectivity index (χ4n) is 1.19. The molecule has 0 heterocycles. The first-order valence-corrected chi connectivity index (χ1v) is 8.94. The van der Waals surface area contributed by atoms with E-state index in [0.717, 1.165) is 16.9 Å². The van der Waals surface area contributed by atoms with Gasteiger partial charge in [0.15, 0.2) is 0 Å². The highest BCUT2D eigenvalue weighted by molar-refractivity contribution is 8.76. The van der Waals surface area contributed by atoms with Crippen LogP contribution in [0.2, 0.25) is 0 Å². The predicted octanol–water partition coefficient (Wildman–Crippen LogP) is 3.81. The van der Waals surface area contributed by atoms with Crippen LogP contribution in [0.15, 0.2) is 23.1 Å². The molecule has 11 heteroatoms. The topological polar surface area (TPSA) is 120 Å². The van der Waals surface area contributed by atoms with Crippen molar-refractivity contribution in [3.8, 4) is 0 Å². The van der Waals surface area contributed by atoms with Crippen molar-refractivity contribution in [2.75, 3.05) is 11.9 Å². The Kier molecular flexibility index (Phi) is 6.69. The minimum Gasteiger partial charge on any atom is -0.258 e. The molecule has 0 saturated heterocycles. The number of nitrogens with zero attached hydrogens (tertiary/aromatic N) is 2. The first-order chi connectivity index (χ1) is 9.41. The number of rotatable bonds is 8. The molecular formula is C9H9N2O6PS2. The van der Waals surface area contributed by atoms with Crippen LogP contribution in [0.25, 0.3) is 0 Å². The van der Waals surface area contributed by atoms with Crippen LogP contribution in [-0.2, 0) is 9.13 Å². The molecule has 0 bridgehead atoms. The van der Waals surface area contributed by atoms with Crippen LogP contribution in [0.5, 0.6) is 0 Å². The third-order valence-corrected chi connectivity index (χ3v) is 5.24. The van der Waals surface area contributed by atoms with Gasteiger partial charge in [0.2, 0.25) is 0 Å².